The van der Waals surface area contributed by atoms with E-state index in [-0.39, 0.29) is 0 Å². The molecule has 82 valence electrons. The van der Waals surface area contributed by atoms with E-state index >= 15 is 0 Å². The molecule has 1 aromatic heterocycles. The van der Waals surface area contributed by atoms with Crippen molar-refractivity contribution in [1.29, 1.82) is 0 Å². The first-order chi connectivity index (χ1) is 7.34. The molecule has 3 rings (SSSR count). The molecule has 1 saturated carbocycles. The van der Waals surface area contributed by atoms with Gasteiger partial charge in [-0.15, -0.1) is 10.2 Å². The van der Waals surface area contributed by atoms with Gasteiger partial charge in [0.1, 0.15) is 11.6 Å². The highest BCUT2D eigenvalue weighted by atomic mass is 15.3. The summed E-state index contributed by atoms with van der Waals surface area (Å²) in [6.07, 6.45) is 7.83. The minimum atomic E-state index is 0.708. The maximum atomic E-state index is 4.43. The van der Waals surface area contributed by atoms with E-state index in [4.69, 9.17) is 0 Å². The lowest BCUT2D eigenvalue weighted by molar-refractivity contribution is 0.396. The van der Waals surface area contributed by atoms with Crippen molar-refractivity contribution in [2.75, 3.05) is 0 Å². The van der Waals surface area contributed by atoms with E-state index in [2.05, 4.69) is 21.7 Å². The SMILES string of the molecule is CC1CCn2c(nnc2C2CCCC2)C1. The van der Waals surface area contributed by atoms with Crippen molar-refractivity contribution in [2.24, 2.45) is 5.92 Å². The zero-order valence-electron chi connectivity index (χ0n) is 9.45. The Bertz CT molecular complexity index is 350. The standard InChI is InChI=1S/C12H19N3/c1-9-6-7-15-11(8-9)13-14-12(15)10-4-2-3-5-10/h9-10H,2-8H2,1H3. The average molecular weight is 205 g/mol. The van der Waals surface area contributed by atoms with Gasteiger partial charge in [0, 0.05) is 18.9 Å². The molecule has 2 heterocycles. The molecule has 15 heavy (non-hydrogen) atoms. The Labute approximate surface area is 90.9 Å². The van der Waals surface area contributed by atoms with Crippen molar-refractivity contribution in [3.8, 4) is 0 Å². The van der Waals surface area contributed by atoms with Crippen molar-refractivity contribution in [3.05, 3.63) is 11.6 Å². The topological polar surface area (TPSA) is 30.7 Å². The first kappa shape index (κ1) is 9.37. The number of fused-ring (bicyclic) bond motifs is 1. The van der Waals surface area contributed by atoms with Crippen molar-refractivity contribution in [1.82, 2.24) is 14.8 Å². The van der Waals surface area contributed by atoms with E-state index in [9.17, 15) is 0 Å². The summed E-state index contributed by atoms with van der Waals surface area (Å²) in [4.78, 5) is 0. The fraction of sp³-hybridized carbons (Fsp3) is 0.833. The van der Waals surface area contributed by atoms with E-state index in [0.29, 0.717) is 5.92 Å². The lowest BCUT2D eigenvalue weighted by Gasteiger charge is -2.21. The van der Waals surface area contributed by atoms with Gasteiger partial charge < -0.3 is 4.57 Å². The Morgan fingerprint density at radius 3 is 2.73 bits per heavy atom. The maximum Gasteiger partial charge on any atom is 0.136 e. The van der Waals surface area contributed by atoms with Crippen molar-refractivity contribution < 1.29 is 0 Å². The number of rotatable bonds is 1. The molecule has 0 saturated heterocycles. The molecule has 1 aliphatic heterocycles. The molecule has 3 heteroatoms. The van der Waals surface area contributed by atoms with Crippen molar-refractivity contribution in [2.45, 2.75) is 57.9 Å². The van der Waals surface area contributed by atoms with Gasteiger partial charge in [0.15, 0.2) is 0 Å². The van der Waals surface area contributed by atoms with Crippen LogP contribution in [0, 0.1) is 5.92 Å². The molecule has 0 radical (unpaired) electrons. The van der Waals surface area contributed by atoms with Crippen molar-refractivity contribution in [3.63, 3.8) is 0 Å². The summed E-state index contributed by atoms with van der Waals surface area (Å²) < 4.78 is 2.40. The number of hydrogen-bond donors (Lipinski definition) is 0. The van der Waals surface area contributed by atoms with Crippen LogP contribution in [0.1, 0.15) is 56.6 Å². The van der Waals surface area contributed by atoms with E-state index < -0.39 is 0 Å². The molecular formula is C12H19N3. The summed E-state index contributed by atoms with van der Waals surface area (Å²) in [7, 11) is 0. The summed E-state index contributed by atoms with van der Waals surface area (Å²) in [5.41, 5.74) is 0. The highest BCUT2D eigenvalue weighted by Gasteiger charge is 2.26. The second-order valence-electron chi connectivity index (χ2n) is 5.21. The Kier molecular flexibility index (Phi) is 2.26. The maximum absolute atomic E-state index is 4.43. The second-order valence-corrected chi connectivity index (χ2v) is 5.21. The monoisotopic (exact) mass is 205 g/mol. The van der Waals surface area contributed by atoms with Crippen LogP contribution >= 0.6 is 0 Å². The fourth-order valence-corrected chi connectivity index (χ4v) is 2.99. The molecular weight excluding hydrogens is 186 g/mol. The summed E-state index contributed by atoms with van der Waals surface area (Å²) in [6, 6.07) is 0. The number of hydrogen-bond acceptors (Lipinski definition) is 2. The van der Waals surface area contributed by atoms with E-state index in [1.165, 1.54) is 43.8 Å². The molecule has 0 aromatic carbocycles. The van der Waals surface area contributed by atoms with Gasteiger partial charge in [-0.1, -0.05) is 19.8 Å². The molecule has 1 aromatic rings. The normalized spacial score (nSPS) is 26.9. The highest BCUT2D eigenvalue weighted by Crippen LogP contribution is 2.34. The van der Waals surface area contributed by atoms with Crippen LogP contribution in [-0.2, 0) is 13.0 Å². The molecule has 2 aliphatic rings. The molecule has 1 aliphatic carbocycles. The van der Waals surface area contributed by atoms with Crippen LogP contribution < -0.4 is 0 Å². The third-order valence-electron chi connectivity index (χ3n) is 3.95. The largest absolute Gasteiger partial charge is 0.315 e. The highest BCUT2D eigenvalue weighted by molar-refractivity contribution is 5.06. The molecule has 0 amide bonds. The Balaban J connectivity index is 1.90. The molecule has 0 N–H and O–H groups in total. The van der Waals surface area contributed by atoms with Crippen LogP contribution in [0.15, 0.2) is 0 Å². The quantitative estimate of drug-likeness (QED) is 0.705. The average Bonchev–Trinajstić information content (AvgIpc) is 2.82. The van der Waals surface area contributed by atoms with Gasteiger partial charge in [0.2, 0.25) is 0 Å². The predicted octanol–water partition coefficient (Wildman–Crippen LogP) is 2.52. The summed E-state index contributed by atoms with van der Waals surface area (Å²) in [5, 5.41) is 8.79. The van der Waals surface area contributed by atoms with E-state index in [1.807, 2.05) is 0 Å². The third-order valence-corrected chi connectivity index (χ3v) is 3.95. The zero-order chi connectivity index (χ0) is 10.3. The first-order valence-corrected chi connectivity index (χ1v) is 6.26. The smallest absolute Gasteiger partial charge is 0.136 e. The Morgan fingerprint density at radius 2 is 1.93 bits per heavy atom. The van der Waals surface area contributed by atoms with Gasteiger partial charge in [0.25, 0.3) is 0 Å². The molecule has 1 unspecified atom stereocenters. The zero-order valence-corrected chi connectivity index (χ0v) is 9.45. The second kappa shape index (κ2) is 3.62. The Morgan fingerprint density at radius 1 is 1.13 bits per heavy atom. The van der Waals surface area contributed by atoms with E-state index in [0.717, 1.165) is 18.9 Å². The minimum absolute atomic E-state index is 0.708. The van der Waals surface area contributed by atoms with Gasteiger partial charge in [-0.25, -0.2) is 0 Å². The van der Waals surface area contributed by atoms with Gasteiger partial charge >= 0.3 is 0 Å². The van der Waals surface area contributed by atoms with Crippen LogP contribution in [-0.4, -0.2) is 14.8 Å². The first-order valence-electron chi connectivity index (χ1n) is 6.26. The molecule has 0 bridgehead atoms. The van der Waals surface area contributed by atoms with E-state index in [1.54, 1.807) is 0 Å². The Hall–Kier alpha value is -0.860. The minimum Gasteiger partial charge on any atom is -0.315 e. The predicted molar refractivity (Wildman–Crippen MR) is 58.7 cm³/mol. The summed E-state index contributed by atoms with van der Waals surface area (Å²) >= 11 is 0. The van der Waals surface area contributed by atoms with Gasteiger partial charge in [0.05, 0.1) is 0 Å². The lowest BCUT2D eigenvalue weighted by atomic mass is 9.99. The van der Waals surface area contributed by atoms with Gasteiger partial charge in [-0.2, -0.15) is 0 Å². The molecule has 3 nitrogen and oxygen atoms in total. The van der Waals surface area contributed by atoms with Crippen LogP contribution in [0.4, 0.5) is 0 Å². The molecule has 1 atom stereocenters. The van der Waals surface area contributed by atoms with Crippen molar-refractivity contribution >= 4 is 0 Å². The fourth-order valence-electron chi connectivity index (χ4n) is 2.99. The lowest BCUT2D eigenvalue weighted by Crippen LogP contribution is -2.19. The summed E-state index contributed by atoms with van der Waals surface area (Å²) in [5.74, 6) is 4.02. The van der Waals surface area contributed by atoms with Crippen LogP contribution in [0.2, 0.25) is 0 Å². The molecule has 0 spiro atoms. The van der Waals surface area contributed by atoms with Crippen LogP contribution in [0.5, 0.6) is 0 Å². The van der Waals surface area contributed by atoms with Crippen LogP contribution in [0.25, 0.3) is 0 Å². The van der Waals surface area contributed by atoms with Crippen LogP contribution in [0.3, 0.4) is 0 Å². The molecule has 1 fully saturated rings. The number of nitrogens with zero attached hydrogens (tertiary/aromatic N) is 3. The van der Waals surface area contributed by atoms with Gasteiger partial charge in [-0.05, 0) is 25.2 Å². The third kappa shape index (κ3) is 1.58. The number of aromatic nitrogens is 3. The summed E-state index contributed by atoms with van der Waals surface area (Å²) in [6.45, 7) is 3.46. The van der Waals surface area contributed by atoms with Gasteiger partial charge in [-0.3, -0.25) is 0 Å².